The van der Waals surface area contributed by atoms with Gasteiger partial charge in [0, 0.05) is 24.9 Å². The van der Waals surface area contributed by atoms with Crippen LogP contribution in [0.4, 0.5) is 0 Å². The van der Waals surface area contributed by atoms with Gasteiger partial charge in [-0.05, 0) is 99.4 Å². The van der Waals surface area contributed by atoms with Crippen LogP contribution in [-0.2, 0) is 42.6 Å². The van der Waals surface area contributed by atoms with Crippen molar-refractivity contribution in [1.29, 1.82) is 0 Å². The van der Waals surface area contributed by atoms with E-state index in [9.17, 15) is 71.5 Å². The molecule has 0 amide bonds. The Morgan fingerprint density at radius 1 is 0.635 bits per heavy atom. The van der Waals surface area contributed by atoms with Crippen molar-refractivity contribution in [2.75, 3.05) is 33.0 Å². The van der Waals surface area contributed by atoms with E-state index in [1.807, 2.05) is 0 Å². The molecule has 0 aromatic heterocycles. The number of allylic oxidation sites excluding steroid dienone is 2. The Hall–Kier alpha value is -1.60. The molecule has 74 heavy (non-hydrogen) atoms. The van der Waals surface area contributed by atoms with Crippen molar-refractivity contribution >= 4 is 0 Å². The first kappa shape index (κ1) is 57.1. The summed E-state index contributed by atoms with van der Waals surface area (Å²) in [6.45, 7) is 6.19. The second-order valence-corrected chi connectivity index (χ2v) is 23.2. The molecule has 0 spiro atoms. The van der Waals surface area contributed by atoms with Crippen molar-refractivity contribution in [3.63, 3.8) is 0 Å². The van der Waals surface area contributed by atoms with Gasteiger partial charge >= 0.3 is 0 Å². The summed E-state index contributed by atoms with van der Waals surface area (Å²) in [7, 11) is 0. The lowest BCUT2D eigenvalue weighted by molar-refractivity contribution is -0.389. The van der Waals surface area contributed by atoms with E-state index in [4.69, 9.17) is 42.6 Å². The lowest BCUT2D eigenvalue weighted by Crippen LogP contribution is -2.67. The summed E-state index contributed by atoms with van der Waals surface area (Å²) in [4.78, 5) is 0. The number of fused-ring (bicyclic) bond motifs is 7. The fourth-order valence-corrected chi connectivity index (χ4v) is 14.6. The van der Waals surface area contributed by atoms with E-state index in [2.05, 4.69) is 26.8 Å². The highest BCUT2D eigenvalue weighted by molar-refractivity contribution is 5.30. The highest BCUT2D eigenvalue weighted by Gasteiger charge is 2.64. The number of rotatable bonds is 16. The molecule has 14 N–H and O–H groups in total. The summed E-state index contributed by atoms with van der Waals surface area (Å²) in [6.07, 6.45) is -21.6. The number of hydrogen-bond acceptors (Lipinski definition) is 23. The fraction of sp³-hybridized carbons (Fsp3) is 0.922. The normalized spacial score (nSPS) is 51.8. The van der Waals surface area contributed by atoms with Crippen molar-refractivity contribution in [1.82, 2.24) is 0 Å². The summed E-state index contributed by atoms with van der Waals surface area (Å²) in [5, 5.41) is 147. The second-order valence-electron chi connectivity index (χ2n) is 23.2. The van der Waals surface area contributed by atoms with Crippen molar-refractivity contribution in [2.24, 2.45) is 40.4 Å². The molecule has 0 aromatic rings. The molecule has 0 aromatic carbocycles. The van der Waals surface area contributed by atoms with Crippen molar-refractivity contribution < 1.29 is 114 Å². The summed E-state index contributed by atoms with van der Waals surface area (Å²) in [5.41, 5.74) is 2.37. The van der Waals surface area contributed by atoms with Crippen molar-refractivity contribution in [3.05, 3.63) is 23.0 Å². The van der Waals surface area contributed by atoms with E-state index in [1.165, 1.54) is 18.1 Å². The zero-order valence-electron chi connectivity index (χ0n) is 42.5. The zero-order chi connectivity index (χ0) is 53.3. The average molecular weight is 1060 g/mol. The van der Waals surface area contributed by atoms with E-state index in [1.54, 1.807) is 0 Å². The maximum atomic E-state index is 12.1. The smallest absolute Gasteiger partial charge is 0.187 e. The molecule has 9 aliphatic rings. The minimum absolute atomic E-state index is 0.00557. The summed E-state index contributed by atoms with van der Waals surface area (Å²) < 4.78 is 54.4. The highest BCUT2D eigenvalue weighted by Crippen LogP contribution is 2.69. The quantitative estimate of drug-likeness (QED) is 0.0682. The molecule has 0 radical (unpaired) electrons. The molecular weight excluding hydrogens is 981 g/mol. The van der Waals surface area contributed by atoms with Gasteiger partial charge in [-0.2, -0.15) is 0 Å². The van der Waals surface area contributed by atoms with Crippen LogP contribution in [0.2, 0.25) is 0 Å². The Balaban J connectivity index is 0.856. The SMILES string of the molecule is CC1=C(CC[C@@H](CO)CO[C@@H]2O[C@H](CO)[C@@H](O)[C@H](O)[C@H]2O)O[C@H]2C[C@H]3[C@@H]4CC=C5C[C@@H](O[C@@H]6O[C@H](CO)[C@@H](O[C@@H]7O[C@H](CO)[C@@H](O)[C@H](O)[C@H]7O)[C@H](O)[C@H]6O[C@@H]6O[C@@H](C)[C@H](O)[C@@H](O)[C@H]6O)CC[C@]5(C)[C@H]4CC[C@]3(C)[C@@H]12. The molecule has 4 aliphatic carbocycles. The molecule has 5 aliphatic heterocycles. The van der Waals surface area contributed by atoms with Gasteiger partial charge in [-0.15, -0.1) is 0 Å². The van der Waals surface area contributed by atoms with Crippen LogP contribution < -0.4 is 0 Å². The molecule has 9 rings (SSSR count). The maximum Gasteiger partial charge on any atom is 0.187 e. The molecular formula is C51H82O23. The molecule has 424 valence electrons. The van der Waals surface area contributed by atoms with Gasteiger partial charge in [0.25, 0.3) is 0 Å². The number of aliphatic hydroxyl groups is 14. The first-order valence-electron chi connectivity index (χ1n) is 26.7. The topological polar surface area (TPSA) is 366 Å². The van der Waals surface area contributed by atoms with Crippen molar-refractivity contribution in [3.8, 4) is 0 Å². The van der Waals surface area contributed by atoms with Gasteiger partial charge in [0.1, 0.15) is 97.7 Å². The van der Waals surface area contributed by atoms with Crippen LogP contribution in [0.3, 0.4) is 0 Å². The Morgan fingerprint density at radius 2 is 1.23 bits per heavy atom. The Labute approximate surface area is 430 Å². The van der Waals surface area contributed by atoms with Crippen LogP contribution in [0, 0.1) is 40.4 Å². The molecule has 3 saturated carbocycles. The minimum atomic E-state index is -1.85. The van der Waals surface area contributed by atoms with Gasteiger partial charge in [0.2, 0.25) is 0 Å². The van der Waals surface area contributed by atoms with Crippen LogP contribution in [-0.4, -0.2) is 240 Å². The standard InChI is InChI=1S/C51H82O23/c1-20-28(8-5-22(15-52)19-66-46-40(62)38(60)35(57)30(16-53)70-46)69-29-14-27-25-7-6-23-13-24(9-11-50(23,3)26(25)10-12-51(27,4)33(20)29)68-49-45(74-47-41(63)37(59)34(56)21(2)67-47)43(65)44(32(18-55)72-49)73-48-42(64)39(61)36(58)31(17-54)71-48/h6,21-22,24-27,29-49,52-65H,5,7-19H2,1-4H3/t21-,22-,24-,25+,26-,27-,29-,30+,31+,32+,33-,34-,35+,36+,37+,38-,39-,40+,41+,42+,43-,44+,45+,46+,47-,48-,49+,50-,51-/m0/s1. The molecule has 23 heteroatoms. The van der Waals surface area contributed by atoms with E-state index < -0.39 is 149 Å². The molecule has 23 nitrogen and oxygen atoms in total. The first-order valence-corrected chi connectivity index (χ1v) is 26.7. The molecule has 4 saturated heterocycles. The number of hydrogen-bond donors (Lipinski definition) is 14. The van der Waals surface area contributed by atoms with Crippen LogP contribution in [0.1, 0.15) is 85.5 Å². The Bertz CT molecular complexity index is 1960. The van der Waals surface area contributed by atoms with Crippen LogP contribution in [0.25, 0.3) is 0 Å². The maximum absolute atomic E-state index is 12.1. The average Bonchev–Trinajstić information content (AvgIpc) is 3.88. The van der Waals surface area contributed by atoms with E-state index in [0.717, 1.165) is 37.9 Å². The van der Waals surface area contributed by atoms with Gasteiger partial charge in [0.05, 0.1) is 44.4 Å². The third-order valence-electron chi connectivity index (χ3n) is 19.0. The fourth-order valence-electron chi connectivity index (χ4n) is 14.6. The minimum Gasteiger partial charge on any atom is -0.494 e. The van der Waals surface area contributed by atoms with Crippen LogP contribution in [0.15, 0.2) is 23.0 Å². The summed E-state index contributed by atoms with van der Waals surface area (Å²) >= 11 is 0. The second kappa shape index (κ2) is 22.9. The number of aliphatic hydroxyl groups excluding tert-OH is 14. The van der Waals surface area contributed by atoms with Gasteiger partial charge in [-0.1, -0.05) is 25.5 Å². The van der Waals surface area contributed by atoms with E-state index in [0.29, 0.717) is 43.4 Å². The third kappa shape index (κ3) is 10.3. The Kier molecular flexibility index (Phi) is 17.6. The van der Waals surface area contributed by atoms with Crippen LogP contribution >= 0.6 is 0 Å². The molecule has 0 bridgehead atoms. The Morgan fingerprint density at radius 3 is 1.88 bits per heavy atom. The predicted molar refractivity (Wildman–Crippen MR) is 250 cm³/mol. The molecule has 0 unspecified atom stereocenters. The summed E-state index contributed by atoms with van der Waals surface area (Å²) in [5.74, 6) is 2.08. The first-order chi connectivity index (χ1) is 35.2. The van der Waals surface area contributed by atoms with Gasteiger partial charge < -0.3 is 114 Å². The van der Waals surface area contributed by atoms with Gasteiger partial charge in [-0.25, -0.2) is 0 Å². The molecule has 7 fully saturated rings. The number of ether oxygens (including phenoxy) is 9. The zero-order valence-corrected chi connectivity index (χ0v) is 42.5. The predicted octanol–water partition coefficient (Wildman–Crippen LogP) is -3.09. The molecule has 5 heterocycles. The third-order valence-corrected chi connectivity index (χ3v) is 19.0. The summed E-state index contributed by atoms with van der Waals surface area (Å²) in [6, 6.07) is 0. The lowest BCUT2D eigenvalue weighted by Gasteiger charge is -2.58. The highest BCUT2D eigenvalue weighted by atomic mass is 16.8. The largest absolute Gasteiger partial charge is 0.494 e. The van der Waals surface area contributed by atoms with Crippen molar-refractivity contribution in [2.45, 2.75) is 221 Å². The lowest BCUT2D eigenvalue weighted by atomic mass is 9.47. The van der Waals surface area contributed by atoms with E-state index >= 15 is 0 Å². The molecule has 29 atom stereocenters. The monoisotopic (exact) mass is 1060 g/mol. The van der Waals surface area contributed by atoms with E-state index in [-0.39, 0.29) is 42.0 Å². The van der Waals surface area contributed by atoms with Crippen LogP contribution in [0.5, 0.6) is 0 Å². The van der Waals surface area contributed by atoms with Gasteiger partial charge in [0.15, 0.2) is 25.2 Å². The van der Waals surface area contributed by atoms with Gasteiger partial charge in [-0.3, -0.25) is 0 Å².